The molecule has 1 amide bonds. The van der Waals surface area contributed by atoms with Gasteiger partial charge in [-0.3, -0.25) is 10.1 Å². The fourth-order valence-electron chi connectivity index (χ4n) is 3.40. The summed E-state index contributed by atoms with van der Waals surface area (Å²) in [5.41, 5.74) is 1.55. The molecule has 1 unspecified atom stereocenters. The lowest BCUT2D eigenvalue weighted by Crippen LogP contribution is -2.50. The van der Waals surface area contributed by atoms with Crippen molar-refractivity contribution in [2.75, 3.05) is 0 Å². The number of amidine groups is 1. The van der Waals surface area contributed by atoms with E-state index in [1.165, 1.54) is 11.8 Å². The first-order valence-corrected chi connectivity index (χ1v) is 10.7. The van der Waals surface area contributed by atoms with E-state index in [1.54, 1.807) is 5.01 Å². The maximum absolute atomic E-state index is 13.1. The molecule has 0 spiro atoms. The highest BCUT2D eigenvalue weighted by Gasteiger charge is 2.35. The number of nitrogens with zero attached hydrogens (tertiary/aromatic N) is 3. The van der Waals surface area contributed by atoms with Crippen LogP contribution in [0, 0.1) is 6.92 Å². The van der Waals surface area contributed by atoms with Crippen molar-refractivity contribution >= 4 is 40.1 Å². The molecule has 2 aliphatic rings. The van der Waals surface area contributed by atoms with Gasteiger partial charge in [0.15, 0.2) is 10.9 Å². The number of amides is 1. The highest BCUT2D eigenvalue weighted by molar-refractivity contribution is 8.13. The van der Waals surface area contributed by atoms with E-state index in [1.807, 2.05) is 67.6 Å². The number of para-hydroxylation sites is 1. The number of nitrogens with one attached hydrogen (secondary N) is 1. The van der Waals surface area contributed by atoms with E-state index in [-0.39, 0.29) is 5.91 Å². The third kappa shape index (κ3) is 3.51. The number of hydrazone groups is 1. The first-order chi connectivity index (χ1) is 14.6. The van der Waals surface area contributed by atoms with Crippen molar-refractivity contribution in [2.45, 2.75) is 18.8 Å². The summed E-state index contributed by atoms with van der Waals surface area (Å²) in [7, 11) is 0. The molecule has 1 atom stereocenters. The minimum absolute atomic E-state index is 0.209. The number of benzene rings is 2. The van der Waals surface area contributed by atoms with Crippen LogP contribution in [-0.4, -0.2) is 16.1 Å². The van der Waals surface area contributed by atoms with Gasteiger partial charge < -0.3 is 4.42 Å². The molecule has 6 nitrogen and oxygen atoms in total. The molecule has 1 N–H and O–H groups in total. The minimum Gasteiger partial charge on any atom is -0.462 e. The Bertz CT molecular complexity index is 1280. The summed E-state index contributed by atoms with van der Waals surface area (Å²) in [4.78, 5) is 17.9. The molecule has 0 saturated carbocycles. The predicted octanol–water partition coefficient (Wildman–Crippen LogP) is 3.32. The van der Waals surface area contributed by atoms with Crippen molar-refractivity contribution in [1.82, 2.24) is 10.3 Å². The van der Waals surface area contributed by atoms with Crippen molar-refractivity contribution in [2.24, 2.45) is 10.1 Å². The SMILES string of the molecule is Cc1ccc(C2N=c3ccccc3=C3C(=O)NC(SCc4ccc(Cl)cc4)=NN32)o1. The number of carbonyl (C=O) groups excluding carboxylic acids is 1. The van der Waals surface area contributed by atoms with E-state index in [4.69, 9.17) is 26.1 Å². The molecule has 2 aromatic carbocycles. The lowest BCUT2D eigenvalue weighted by molar-refractivity contribution is -0.116. The monoisotopic (exact) mass is 436 g/mol. The summed E-state index contributed by atoms with van der Waals surface area (Å²) < 4.78 is 5.83. The standard InChI is InChI=1S/C22H17ClN4O2S/c1-13-6-11-18(29-13)20-24-17-5-3-2-4-16(17)19-21(28)25-22(26-27(19)20)30-12-14-7-9-15(23)10-8-14/h2-11,20H,12H2,1H3,(H,25,26,28). The van der Waals surface area contributed by atoms with Crippen molar-refractivity contribution in [3.05, 3.63) is 93.3 Å². The third-order valence-corrected chi connectivity index (χ3v) is 6.01. The van der Waals surface area contributed by atoms with Gasteiger partial charge in [0, 0.05) is 16.0 Å². The van der Waals surface area contributed by atoms with Crippen LogP contribution in [0.2, 0.25) is 5.02 Å². The summed E-state index contributed by atoms with van der Waals surface area (Å²) >= 11 is 7.40. The second kappa shape index (κ2) is 7.66. The first kappa shape index (κ1) is 19.0. The fourth-order valence-corrected chi connectivity index (χ4v) is 4.33. The van der Waals surface area contributed by atoms with Crippen LogP contribution in [0.25, 0.3) is 5.70 Å². The van der Waals surface area contributed by atoms with Crippen molar-refractivity contribution in [3.63, 3.8) is 0 Å². The lowest BCUT2D eigenvalue weighted by Gasteiger charge is -2.32. The van der Waals surface area contributed by atoms with Crippen LogP contribution in [0.4, 0.5) is 0 Å². The number of halogens is 1. The van der Waals surface area contributed by atoms with Crippen LogP contribution in [0.1, 0.15) is 23.2 Å². The lowest BCUT2D eigenvalue weighted by atomic mass is 10.1. The molecule has 1 aromatic heterocycles. The molecule has 0 aliphatic carbocycles. The summed E-state index contributed by atoms with van der Waals surface area (Å²) in [5.74, 6) is 1.86. The van der Waals surface area contributed by atoms with Gasteiger partial charge >= 0.3 is 0 Å². The molecule has 0 fully saturated rings. The second-order valence-corrected chi connectivity index (χ2v) is 8.34. The van der Waals surface area contributed by atoms with Crippen LogP contribution < -0.4 is 15.9 Å². The molecule has 3 aromatic rings. The van der Waals surface area contributed by atoms with Gasteiger partial charge in [-0.15, -0.1) is 5.10 Å². The molecule has 0 saturated heterocycles. The number of hydrogen-bond donors (Lipinski definition) is 1. The Hall–Kier alpha value is -3.03. The predicted molar refractivity (Wildman–Crippen MR) is 117 cm³/mol. The van der Waals surface area contributed by atoms with Crippen LogP contribution in [-0.2, 0) is 10.5 Å². The Morgan fingerprint density at radius 2 is 1.93 bits per heavy atom. The van der Waals surface area contributed by atoms with Crippen molar-refractivity contribution in [1.29, 1.82) is 0 Å². The maximum atomic E-state index is 13.1. The highest BCUT2D eigenvalue weighted by atomic mass is 35.5. The molecule has 0 radical (unpaired) electrons. The summed E-state index contributed by atoms with van der Waals surface area (Å²) in [6.07, 6.45) is -0.541. The Labute approximate surface area is 181 Å². The van der Waals surface area contributed by atoms with E-state index in [2.05, 4.69) is 5.32 Å². The number of fused-ring (bicyclic) bond motifs is 2. The topological polar surface area (TPSA) is 70.2 Å². The fraction of sp³-hybridized carbons (Fsp3) is 0.136. The van der Waals surface area contributed by atoms with E-state index >= 15 is 0 Å². The zero-order valence-corrected chi connectivity index (χ0v) is 17.6. The Kier molecular flexibility index (Phi) is 4.84. The van der Waals surface area contributed by atoms with E-state index < -0.39 is 6.17 Å². The molecule has 5 rings (SSSR count). The summed E-state index contributed by atoms with van der Waals surface area (Å²) in [5, 5.41) is 12.0. The normalized spacial score (nSPS) is 17.6. The van der Waals surface area contributed by atoms with Gasteiger partial charge in [-0.2, -0.15) is 0 Å². The maximum Gasteiger partial charge on any atom is 0.276 e. The molecule has 2 aliphatic heterocycles. The Morgan fingerprint density at radius 1 is 1.13 bits per heavy atom. The quantitative estimate of drug-likeness (QED) is 0.683. The van der Waals surface area contributed by atoms with Crippen molar-refractivity contribution < 1.29 is 9.21 Å². The van der Waals surface area contributed by atoms with E-state index in [9.17, 15) is 4.79 Å². The smallest absolute Gasteiger partial charge is 0.276 e. The second-order valence-electron chi connectivity index (χ2n) is 6.94. The molecule has 3 heterocycles. The number of thioether (sulfide) groups is 1. The molecule has 8 heteroatoms. The number of aryl methyl sites for hydroxylation is 1. The van der Waals surface area contributed by atoms with Gasteiger partial charge in [0.2, 0.25) is 6.17 Å². The van der Waals surface area contributed by atoms with Crippen LogP contribution >= 0.6 is 23.4 Å². The molecular formula is C22H17ClN4O2S. The van der Waals surface area contributed by atoms with Crippen molar-refractivity contribution in [3.8, 4) is 0 Å². The minimum atomic E-state index is -0.541. The number of hydrogen-bond acceptors (Lipinski definition) is 6. The molecule has 150 valence electrons. The van der Waals surface area contributed by atoms with Gasteiger partial charge in [0.1, 0.15) is 11.5 Å². The zero-order valence-electron chi connectivity index (χ0n) is 16.0. The molecule has 0 bridgehead atoms. The van der Waals surface area contributed by atoms with Gasteiger partial charge in [-0.1, -0.05) is 53.7 Å². The number of furan rings is 1. The number of rotatable bonds is 3. The van der Waals surface area contributed by atoms with Gasteiger partial charge in [-0.25, -0.2) is 10.0 Å². The van der Waals surface area contributed by atoms with Crippen LogP contribution in [0.3, 0.4) is 0 Å². The Balaban J connectivity index is 1.54. The summed E-state index contributed by atoms with van der Waals surface area (Å²) in [6.45, 7) is 1.88. The Morgan fingerprint density at radius 3 is 2.70 bits per heavy atom. The average Bonchev–Trinajstić information content (AvgIpc) is 3.18. The van der Waals surface area contributed by atoms with E-state index in [0.29, 0.717) is 27.4 Å². The van der Waals surface area contributed by atoms with Gasteiger partial charge in [0.25, 0.3) is 5.91 Å². The highest BCUT2D eigenvalue weighted by Crippen LogP contribution is 2.32. The van der Waals surface area contributed by atoms with Crippen LogP contribution in [0.15, 0.2) is 75.2 Å². The molecular weight excluding hydrogens is 420 g/mol. The first-order valence-electron chi connectivity index (χ1n) is 9.38. The molecule has 30 heavy (non-hydrogen) atoms. The van der Waals surface area contributed by atoms with Gasteiger partial charge in [-0.05, 0) is 42.8 Å². The third-order valence-electron chi connectivity index (χ3n) is 4.82. The average molecular weight is 437 g/mol. The number of carbonyl (C=O) groups is 1. The largest absolute Gasteiger partial charge is 0.462 e. The van der Waals surface area contributed by atoms with Crippen LogP contribution in [0.5, 0.6) is 0 Å². The van der Waals surface area contributed by atoms with E-state index in [0.717, 1.165) is 21.9 Å². The zero-order chi connectivity index (χ0) is 20.7. The summed E-state index contributed by atoms with van der Waals surface area (Å²) in [6, 6.07) is 18.9. The van der Waals surface area contributed by atoms with Gasteiger partial charge in [0.05, 0.1) is 5.36 Å².